The maximum atomic E-state index is 3.57. The van der Waals surface area contributed by atoms with E-state index in [1.165, 1.54) is 140 Å². The third-order valence-electron chi connectivity index (χ3n) is 6.94. The van der Waals surface area contributed by atoms with Gasteiger partial charge in [0.1, 0.15) is 0 Å². The van der Waals surface area contributed by atoms with Crippen molar-refractivity contribution >= 4 is 44.4 Å². The molecule has 2 heteroatoms. The zero-order valence-electron chi connectivity index (χ0n) is 20.4. The average Bonchev–Trinajstić information content (AvgIpc) is 3.15. The van der Waals surface area contributed by atoms with Gasteiger partial charge in [-0.05, 0) is 65.3 Å². The number of aryl methyl sites for hydroxylation is 1. The zero-order valence-corrected chi connectivity index (χ0v) is 22.5. The molecule has 3 aromatic rings. The molecule has 0 aliphatic heterocycles. The number of rotatable bonds is 17. The van der Waals surface area contributed by atoms with Crippen LogP contribution in [0.5, 0.6) is 0 Å². The molecule has 0 aliphatic carbocycles. The normalized spacial score (nSPS) is 11.7. The Morgan fingerprint density at radius 2 is 1.12 bits per heavy atom. The summed E-state index contributed by atoms with van der Waals surface area (Å²) in [5.41, 5.74) is 4.01. The highest BCUT2D eigenvalue weighted by Gasteiger charge is 2.05. The summed E-state index contributed by atoms with van der Waals surface area (Å²) >= 11 is 2.39. The molecule has 176 valence electrons. The summed E-state index contributed by atoms with van der Waals surface area (Å²) in [5.74, 6) is 0. The monoisotopic (exact) mass is 545 g/mol. The number of aromatic amines is 1. The number of hydrogen-bond donors (Lipinski definition) is 1. The highest BCUT2D eigenvalue weighted by Crippen LogP contribution is 2.28. The lowest BCUT2D eigenvalue weighted by Gasteiger charge is -2.04. The highest BCUT2D eigenvalue weighted by atomic mass is 127. The van der Waals surface area contributed by atoms with E-state index in [-0.39, 0.29) is 0 Å². The first-order chi connectivity index (χ1) is 15.8. The topological polar surface area (TPSA) is 15.8 Å². The van der Waals surface area contributed by atoms with Crippen LogP contribution in [0.25, 0.3) is 21.8 Å². The first-order valence-electron chi connectivity index (χ1n) is 13.5. The molecule has 0 unspecified atom stereocenters. The van der Waals surface area contributed by atoms with E-state index in [2.05, 4.69) is 70.9 Å². The summed E-state index contributed by atoms with van der Waals surface area (Å²) in [6, 6.07) is 13.7. The van der Waals surface area contributed by atoms with E-state index in [0.29, 0.717) is 0 Å². The summed E-state index contributed by atoms with van der Waals surface area (Å²) in [6.45, 7) is 2.30. The lowest BCUT2D eigenvalue weighted by molar-refractivity contribution is 0.529. The molecular formula is C30H44IN. The predicted octanol–water partition coefficient (Wildman–Crippen LogP) is 10.7. The molecule has 1 heterocycles. The zero-order chi connectivity index (χ0) is 22.4. The number of fused-ring (bicyclic) bond motifs is 3. The fourth-order valence-corrected chi connectivity index (χ4v) is 5.45. The van der Waals surface area contributed by atoms with Crippen molar-refractivity contribution in [2.45, 2.75) is 116 Å². The first kappa shape index (κ1) is 25.6. The van der Waals surface area contributed by atoms with Crippen LogP contribution in [0.2, 0.25) is 0 Å². The Morgan fingerprint density at radius 3 is 1.72 bits per heavy atom. The largest absolute Gasteiger partial charge is 0.354 e. The Kier molecular flexibility index (Phi) is 12.0. The summed E-state index contributed by atoms with van der Waals surface area (Å²) < 4.78 is 1.29. The Morgan fingerprint density at radius 1 is 0.562 bits per heavy atom. The molecule has 2 aromatic carbocycles. The van der Waals surface area contributed by atoms with Gasteiger partial charge in [-0.15, -0.1) is 0 Å². The maximum absolute atomic E-state index is 3.57. The molecule has 0 spiro atoms. The summed E-state index contributed by atoms with van der Waals surface area (Å²) in [5, 5.41) is 2.74. The summed E-state index contributed by atoms with van der Waals surface area (Å²) in [4.78, 5) is 3.57. The number of benzene rings is 2. The van der Waals surface area contributed by atoms with Gasteiger partial charge in [0.2, 0.25) is 0 Å². The average molecular weight is 546 g/mol. The van der Waals surface area contributed by atoms with Gasteiger partial charge in [0.15, 0.2) is 0 Å². The third kappa shape index (κ3) is 8.72. The van der Waals surface area contributed by atoms with Crippen molar-refractivity contribution in [2.24, 2.45) is 0 Å². The third-order valence-corrected chi connectivity index (χ3v) is 7.62. The van der Waals surface area contributed by atoms with Gasteiger partial charge in [-0.25, -0.2) is 0 Å². The fourth-order valence-electron chi connectivity index (χ4n) is 4.96. The van der Waals surface area contributed by atoms with Crippen LogP contribution in [-0.4, -0.2) is 4.98 Å². The van der Waals surface area contributed by atoms with Gasteiger partial charge in [0.05, 0.1) is 0 Å². The second kappa shape index (κ2) is 15.0. The van der Waals surface area contributed by atoms with Crippen molar-refractivity contribution in [3.05, 3.63) is 45.5 Å². The van der Waals surface area contributed by atoms with Crippen molar-refractivity contribution in [1.29, 1.82) is 0 Å². The van der Waals surface area contributed by atoms with Crippen LogP contribution < -0.4 is 0 Å². The molecule has 32 heavy (non-hydrogen) atoms. The van der Waals surface area contributed by atoms with Crippen molar-refractivity contribution in [3.8, 4) is 0 Å². The van der Waals surface area contributed by atoms with Gasteiger partial charge < -0.3 is 4.98 Å². The van der Waals surface area contributed by atoms with E-state index < -0.39 is 0 Å². The molecule has 1 N–H and O–H groups in total. The molecule has 0 radical (unpaired) electrons. The van der Waals surface area contributed by atoms with Crippen LogP contribution in [0.4, 0.5) is 0 Å². The van der Waals surface area contributed by atoms with E-state index in [0.717, 1.165) is 0 Å². The molecule has 3 rings (SSSR count). The van der Waals surface area contributed by atoms with Crippen LogP contribution in [0.1, 0.15) is 115 Å². The molecule has 0 bridgehead atoms. The van der Waals surface area contributed by atoms with E-state index in [9.17, 15) is 0 Å². The van der Waals surface area contributed by atoms with Gasteiger partial charge >= 0.3 is 0 Å². The quantitative estimate of drug-likeness (QED) is 0.128. The van der Waals surface area contributed by atoms with Crippen LogP contribution in [-0.2, 0) is 6.42 Å². The Labute approximate surface area is 210 Å². The highest BCUT2D eigenvalue weighted by molar-refractivity contribution is 14.1. The minimum atomic E-state index is 1.21. The van der Waals surface area contributed by atoms with Gasteiger partial charge in [-0.2, -0.15) is 0 Å². The van der Waals surface area contributed by atoms with Crippen LogP contribution in [0.3, 0.4) is 0 Å². The van der Waals surface area contributed by atoms with Crippen LogP contribution >= 0.6 is 22.6 Å². The maximum Gasteiger partial charge on any atom is 0.0475 e. The second-order valence-electron chi connectivity index (χ2n) is 9.75. The SMILES string of the molecule is CCCCCCCCCCCCCCCCCCc1ccc2[nH]c3cc(I)ccc3c2c1. The minimum absolute atomic E-state index is 1.21. The molecule has 0 saturated carbocycles. The molecule has 0 amide bonds. The molecule has 1 nitrogen and oxygen atoms in total. The van der Waals surface area contributed by atoms with Crippen molar-refractivity contribution in [2.75, 3.05) is 0 Å². The molecule has 0 aliphatic rings. The van der Waals surface area contributed by atoms with Crippen LogP contribution in [0, 0.1) is 3.57 Å². The number of nitrogens with one attached hydrogen (secondary N) is 1. The molecule has 0 fully saturated rings. The molecule has 1 aromatic heterocycles. The van der Waals surface area contributed by atoms with Crippen molar-refractivity contribution in [3.63, 3.8) is 0 Å². The van der Waals surface area contributed by atoms with Gasteiger partial charge in [0, 0.05) is 25.4 Å². The smallest absolute Gasteiger partial charge is 0.0475 e. The minimum Gasteiger partial charge on any atom is -0.354 e. The lowest BCUT2D eigenvalue weighted by atomic mass is 10.0. The van der Waals surface area contributed by atoms with Gasteiger partial charge in [-0.3, -0.25) is 0 Å². The second-order valence-corrected chi connectivity index (χ2v) is 11.0. The number of aromatic nitrogens is 1. The summed E-state index contributed by atoms with van der Waals surface area (Å²) in [6.07, 6.45) is 24.1. The Bertz CT molecular complexity index is 910. The lowest BCUT2D eigenvalue weighted by Crippen LogP contribution is -1.87. The van der Waals surface area contributed by atoms with E-state index in [1.807, 2.05) is 0 Å². The first-order valence-corrected chi connectivity index (χ1v) is 14.6. The molecule has 0 saturated heterocycles. The number of H-pyrrole nitrogens is 1. The van der Waals surface area contributed by atoms with Crippen molar-refractivity contribution in [1.82, 2.24) is 4.98 Å². The fraction of sp³-hybridized carbons (Fsp3) is 0.600. The Hall–Kier alpha value is -1.03. The van der Waals surface area contributed by atoms with Gasteiger partial charge in [-0.1, -0.05) is 115 Å². The molecular weight excluding hydrogens is 501 g/mol. The number of hydrogen-bond acceptors (Lipinski definition) is 0. The Balaban J connectivity index is 1.19. The number of unbranched alkanes of at least 4 members (excludes halogenated alkanes) is 15. The van der Waals surface area contributed by atoms with Gasteiger partial charge in [0.25, 0.3) is 0 Å². The van der Waals surface area contributed by atoms with E-state index in [1.54, 1.807) is 0 Å². The number of halogens is 1. The van der Waals surface area contributed by atoms with E-state index >= 15 is 0 Å². The van der Waals surface area contributed by atoms with E-state index in [4.69, 9.17) is 0 Å². The van der Waals surface area contributed by atoms with Crippen molar-refractivity contribution < 1.29 is 0 Å². The standard InChI is InChI=1S/C30H44IN/c1-2-3-4-5-6-7-8-9-10-11-12-13-14-15-16-17-18-25-19-22-29-28(23-25)27-21-20-26(31)24-30(27)32-29/h19-24,32H,2-18H2,1H3. The van der Waals surface area contributed by atoms with Crippen LogP contribution in [0.15, 0.2) is 36.4 Å². The summed E-state index contributed by atoms with van der Waals surface area (Å²) in [7, 11) is 0. The molecule has 0 atom stereocenters. The predicted molar refractivity (Wildman–Crippen MR) is 152 cm³/mol.